The Labute approximate surface area is 196 Å². The molecule has 0 spiro atoms. The van der Waals surface area contributed by atoms with E-state index in [0.717, 1.165) is 0 Å². The molecule has 190 valence electrons. The number of nitrogens with one attached hydrogen (secondary N) is 3. The first-order valence-corrected chi connectivity index (χ1v) is 11.9. The summed E-state index contributed by atoms with van der Waals surface area (Å²) in [6.07, 6.45) is 2.89. The maximum absolute atomic E-state index is 12.7. The summed E-state index contributed by atoms with van der Waals surface area (Å²) in [4.78, 5) is 59.3. The van der Waals surface area contributed by atoms with Crippen molar-refractivity contribution in [2.75, 3.05) is 25.2 Å². The summed E-state index contributed by atoms with van der Waals surface area (Å²) in [7, 11) is 0. The van der Waals surface area contributed by atoms with E-state index in [2.05, 4.69) is 16.0 Å². The molecular formula is C19H35N5O8S. The van der Waals surface area contributed by atoms with Crippen LogP contribution in [0, 0.1) is 0 Å². The Kier molecular flexibility index (Phi) is 15.9. The van der Waals surface area contributed by atoms with Gasteiger partial charge in [-0.05, 0) is 44.2 Å². The summed E-state index contributed by atoms with van der Waals surface area (Å²) in [5.41, 5.74) is 11.3. The zero-order chi connectivity index (χ0) is 25.4. The van der Waals surface area contributed by atoms with Crippen LogP contribution >= 0.6 is 11.8 Å². The van der Waals surface area contributed by atoms with Crippen LogP contribution in [0.3, 0.4) is 0 Å². The molecule has 0 aromatic rings. The second kappa shape index (κ2) is 17.1. The zero-order valence-corrected chi connectivity index (χ0v) is 19.4. The lowest BCUT2D eigenvalue weighted by Crippen LogP contribution is -2.58. The lowest BCUT2D eigenvalue weighted by molar-refractivity contribution is -0.143. The molecule has 0 heterocycles. The number of thioether (sulfide) groups is 1. The first kappa shape index (κ1) is 30.6. The highest BCUT2D eigenvalue weighted by atomic mass is 32.2. The van der Waals surface area contributed by atoms with E-state index in [1.165, 1.54) is 11.8 Å². The molecule has 4 unspecified atom stereocenters. The maximum atomic E-state index is 12.7. The average Bonchev–Trinajstić information content (AvgIpc) is 2.76. The minimum Gasteiger partial charge on any atom is -0.481 e. The first-order chi connectivity index (χ1) is 15.6. The Hall–Kier alpha value is -2.42. The molecule has 4 atom stereocenters. The highest BCUT2D eigenvalue weighted by Gasteiger charge is 2.30. The highest BCUT2D eigenvalue weighted by molar-refractivity contribution is 7.98. The van der Waals surface area contributed by atoms with Gasteiger partial charge in [-0.3, -0.25) is 19.2 Å². The summed E-state index contributed by atoms with van der Waals surface area (Å²) in [5, 5.41) is 34.3. The van der Waals surface area contributed by atoms with Gasteiger partial charge in [-0.1, -0.05) is 6.42 Å². The van der Waals surface area contributed by atoms with Gasteiger partial charge in [-0.2, -0.15) is 11.8 Å². The summed E-state index contributed by atoms with van der Waals surface area (Å²) < 4.78 is 0. The van der Waals surface area contributed by atoms with Crippen molar-refractivity contribution in [1.82, 2.24) is 16.0 Å². The van der Waals surface area contributed by atoms with Crippen LogP contribution in [0.15, 0.2) is 0 Å². The number of aliphatic carboxylic acids is 2. The number of nitrogens with two attached hydrogens (primary N) is 2. The molecule has 0 aromatic heterocycles. The summed E-state index contributed by atoms with van der Waals surface area (Å²) in [5.74, 6) is -4.49. The van der Waals surface area contributed by atoms with Crippen LogP contribution in [0.25, 0.3) is 0 Å². The Morgan fingerprint density at radius 1 is 0.848 bits per heavy atom. The van der Waals surface area contributed by atoms with Crippen molar-refractivity contribution in [1.29, 1.82) is 0 Å². The predicted octanol–water partition coefficient (Wildman–Crippen LogP) is -2.41. The van der Waals surface area contributed by atoms with Gasteiger partial charge in [-0.25, -0.2) is 4.79 Å². The number of amides is 3. The van der Waals surface area contributed by atoms with Crippen LogP contribution < -0.4 is 27.4 Å². The summed E-state index contributed by atoms with van der Waals surface area (Å²) in [6, 6.07) is -4.90. The lowest BCUT2D eigenvalue weighted by atomic mass is 10.1. The maximum Gasteiger partial charge on any atom is 0.326 e. The van der Waals surface area contributed by atoms with Gasteiger partial charge in [0.2, 0.25) is 17.7 Å². The van der Waals surface area contributed by atoms with Crippen LogP contribution in [0.5, 0.6) is 0 Å². The number of unbranched alkanes of at least 4 members (excludes halogenated alkanes) is 1. The van der Waals surface area contributed by atoms with Crippen molar-refractivity contribution in [3.63, 3.8) is 0 Å². The van der Waals surface area contributed by atoms with Gasteiger partial charge >= 0.3 is 11.9 Å². The smallest absolute Gasteiger partial charge is 0.326 e. The number of aliphatic hydroxyl groups excluding tert-OH is 1. The number of rotatable bonds is 18. The molecule has 0 aromatic carbocycles. The molecule has 10 N–H and O–H groups in total. The third-order valence-corrected chi connectivity index (χ3v) is 5.27. The van der Waals surface area contributed by atoms with Gasteiger partial charge in [-0.15, -0.1) is 0 Å². The zero-order valence-electron chi connectivity index (χ0n) is 18.6. The monoisotopic (exact) mass is 493 g/mol. The summed E-state index contributed by atoms with van der Waals surface area (Å²) in [6.45, 7) is -0.374. The fourth-order valence-electron chi connectivity index (χ4n) is 2.69. The third-order valence-electron chi connectivity index (χ3n) is 4.63. The van der Waals surface area contributed by atoms with E-state index >= 15 is 0 Å². The van der Waals surface area contributed by atoms with E-state index in [0.29, 0.717) is 31.6 Å². The topological polar surface area (TPSA) is 234 Å². The van der Waals surface area contributed by atoms with Gasteiger partial charge in [0.1, 0.15) is 18.1 Å². The van der Waals surface area contributed by atoms with Crippen molar-refractivity contribution in [3.05, 3.63) is 0 Å². The minimum absolute atomic E-state index is 0.227. The molecule has 0 aliphatic rings. The van der Waals surface area contributed by atoms with E-state index in [9.17, 15) is 29.1 Å². The van der Waals surface area contributed by atoms with Gasteiger partial charge in [0.25, 0.3) is 0 Å². The molecular weight excluding hydrogens is 458 g/mol. The van der Waals surface area contributed by atoms with Crippen LogP contribution in [-0.2, 0) is 24.0 Å². The Bertz CT molecular complexity index is 666. The quantitative estimate of drug-likeness (QED) is 0.0936. The average molecular weight is 494 g/mol. The molecule has 0 bridgehead atoms. The van der Waals surface area contributed by atoms with E-state index in [1.807, 2.05) is 6.26 Å². The Morgan fingerprint density at radius 2 is 1.42 bits per heavy atom. The van der Waals surface area contributed by atoms with Gasteiger partial charge < -0.3 is 42.7 Å². The molecule has 0 rings (SSSR count). The van der Waals surface area contributed by atoms with Gasteiger partial charge in [0.15, 0.2) is 0 Å². The highest BCUT2D eigenvalue weighted by Crippen LogP contribution is 2.05. The van der Waals surface area contributed by atoms with Crippen molar-refractivity contribution in [3.8, 4) is 0 Å². The van der Waals surface area contributed by atoms with Crippen LogP contribution in [0.1, 0.15) is 38.5 Å². The van der Waals surface area contributed by atoms with Crippen LogP contribution in [0.4, 0.5) is 0 Å². The van der Waals surface area contributed by atoms with E-state index in [4.69, 9.17) is 21.7 Å². The number of aliphatic hydroxyl groups is 1. The predicted molar refractivity (Wildman–Crippen MR) is 121 cm³/mol. The molecule has 14 heteroatoms. The number of carboxylic acids is 2. The number of carbonyl (C=O) groups is 5. The fraction of sp³-hybridized carbons (Fsp3) is 0.737. The molecule has 0 saturated heterocycles. The summed E-state index contributed by atoms with van der Waals surface area (Å²) >= 11 is 1.43. The standard InChI is InChI=1S/C19H35N5O8S/c1-33-9-7-12(22-16(28)11(21)4-2-3-8-20)17(29)24-14(10-25)18(30)23-13(19(31)32)5-6-15(26)27/h11-14,25H,2-10,20-21H2,1H3,(H,22,28)(H,23,30)(H,24,29)(H,26,27)(H,31,32). The molecule has 0 fully saturated rings. The van der Waals surface area contributed by atoms with Crippen molar-refractivity contribution < 1.29 is 39.3 Å². The van der Waals surface area contributed by atoms with E-state index in [-0.39, 0.29) is 12.8 Å². The number of hydrogen-bond donors (Lipinski definition) is 8. The molecule has 0 aliphatic carbocycles. The molecule has 3 amide bonds. The van der Waals surface area contributed by atoms with Crippen LogP contribution in [-0.4, -0.2) is 94.3 Å². The normalized spacial score (nSPS) is 14.4. The number of carbonyl (C=O) groups excluding carboxylic acids is 3. The fourth-order valence-corrected chi connectivity index (χ4v) is 3.16. The lowest BCUT2D eigenvalue weighted by Gasteiger charge is -2.24. The first-order valence-electron chi connectivity index (χ1n) is 10.5. The second-order valence-electron chi connectivity index (χ2n) is 7.31. The molecule has 13 nitrogen and oxygen atoms in total. The SMILES string of the molecule is CSCCC(NC(=O)C(N)CCCCN)C(=O)NC(CO)C(=O)NC(CCC(=O)O)C(=O)O. The van der Waals surface area contributed by atoms with Gasteiger partial charge in [0, 0.05) is 6.42 Å². The molecule has 0 aliphatic heterocycles. The minimum atomic E-state index is -1.52. The number of carboxylic acid groups (broad SMARTS) is 2. The molecule has 0 saturated carbocycles. The Morgan fingerprint density at radius 3 is 1.94 bits per heavy atom. The molecule has 0 radical (unpaired) electrons. The van der Waals surface area contributed by atoms with Gasteiger partial charge in [0.05, 0.1) is 12.6 Å². The van der Waals surface area contributed by atoms with E-state index in [1.54, 1.807) is 0 Å². The van der Waals surface area contributed by atoms with Crippen molar-refractivity contribution in [2.45, 2.75) is 62.7 Å². The third kappa shape index (κ3) is 13.0. The molecule has 33 heavy (non-hydrogen) atoms. The van der Waals surface area contributed by atoms with Crippen molar-refractivity contribution in [2.24, 2.45) is 11.5 Å². The largest absolute Gasteiger partial charge is 0.481 e. The second-order valence-corrected chi connectivity index (χ2v) is 8.29. The van der Waals surface area contributed by atoms with Crippen molar-refractivity contribution >= 4 is 41.4 Å². The number of hydrogen-bond acceptors (Lipinski definition) is 9. The van der Waals surface area contributed by atoms with E-state index < -0.39 is 66.9 Å². The Balaban J connectivity index is 5.12. The van der Waals surface area contributed by atoms with Crippen LogP contribution in [0.2, 0.25) is 0 Å².